The predicted molar refractivity (Wildman–Crippen MR) is 79.7 cm³/mol. The summed E-state index contributed by atoms with van der Waals surface area (Å²) in [6, 6.07) is 1.72. The van der Waals surface area contributed by atoms with Crippen molar-refractivity contribution in [3.05, 3.63) is 33.6 Å². The number of likely N-dealkylation sites (tertiary alicyclic amines) is 1. The lowest BCUT2D eigenvalue weighted by molar-refractivity contribution is -0.384. The van der Waals surface area contributed by atoms with Gasteiger partial charge in [-0.05, 0) is 31.7 Å². The van der Waals surface area contributed by atoms with Gasteiger partial charge in [0.1, 0.15) is 11.5 Å². The third-order valence-corrected chi connectivity index (χ3v) is 4.12. The Labute approximate surface area is 127 Å². The molecular formula is C14H19FN4O3. The van der Waals surface area contributed by atoms with Crippen LogP contribution in [0.2, 0.25) is 0 Å². The zero-order chi connectivity index (χ0) is 16.4. The highest BCUT2D eigenvalue weighted by Gasteiger charge is 2.29. The third-order valence-electron chi connectivity index (χ3n) is 4.12. The Bertz CT molecular complexity index is 598. The number of piperidine rings is 1. The molecule has 1 unspecified atom stereocenters. The molecule has 0 radical (unpaired) electrons. The lowest BCUT2D eigenvalue weighted by Crippen LogP contribution is -2.42. The molecule has 0 saturated carbocycles. The number of nitrogens with two attached hydrogens (primary N) is 2. The summed E-state index contributed by atoms with van der Waals surface area (Å²) in [6.45, 7) is 2.89. The molecule has 1 saturated heterocycles. The molecule has 120 valence electrons. The van der Waals surface area contributed by atoms with Crippen molar-refractivity contribution in [1.82, 2.24) is 4.90 Å². The molecule has 8 heteroatoms. The molecule has 1 fully saturated rings. The average molecular weight is 310 g/mol. The fourth-order valence-electron chi connectivity index (χ4n) is 2.73. The molecule has 1 amide bonds. The van der Waals surface area contributed by atoms with E-state index in [2.05, 4.69) is 0 Å². The number of nitrogen functional groups attached to an aromatic ring is 1. The van der Waals surface area contributed by atoms with Crippen LogP contribution in [-0.2, 0) is 0 Å². The number of carbonyl (C=O) groups excluding carboxylic acids is 1. The average Bonchev–Trinajstić information content (AvgIpc) is 2.48. The predicted octanol–water partition coefficient (Wildman–Crippen LogP) is 1.52. The highest BCUT2D eigenvalue weighted by atomic mass is 19.1. The number of rotatable bonds is 3. The van der Waals surface area contributed by atoms with E-state index in [4.69, 9.17) is 11.5 Å². The van der Waals surface area contributed by atoms with Crippen molar-refractivity contribution in [2.45, 2.75) is 25.8 Å². The molecule has 7 nitrogen and oxygen atoms in total. The number of amides is 1. The van der Waals surface area contributed by atoms with Gasteiger partial charge in [0, 0.05) is 19.1 Å². The van der Waals surface area contributed by atoms with Gasteiger partial charge in [-0.15, -0.1) is 0 Å². The number of hydrogen-bond donors (Lipinski definition) is 2. The number of nitro benzene ring substituents is 1. The van der Waals surface area contributed by atoms with E-state index >= 15 is 0 Å². The molecule has 0 aromatic heterocycles. The second-order valence-electron chi connectivity index (χ2n) is 5.63. The minimum atomic E-state index is -0.852. The van der Waals surface area contributed by atoms with Gasteiger partial charge in [0.05, 0.1) is 16.6 Å². The second-order valence-corrected chi connectivity index (χ2v) is 5.63. The van der Waals surface area contributed by atoms with E-state index < -0.39 is 22.3 Å². The first-order chi connectivity index (χ1) is 10.3. The molecule has 1 aliphatic rings. The van der Waals surface area contributed by atoms with E-state index in [-0.39, 0.29) is 17.3 Å². The molecule has 2 rings (SSSR count). The Morgan fingerprint density at radius 3 is 2.55 bits per heavy atom. The smallest absolute Gasteiger partial charge is 0.295 e. The third kappa shape index (κ3) is 3.16. The SMILES string of the molecule is CC(N)C1CCN(C(=O)c2cc(F)cc([N+](=O)[O-])c2N)CC1. The summed E-state index contributed by atoms with van der Waals surface area (Å²) in [6.07, 6.45) is 1.50. The summed E-state index contributed by atoms with van der Waals surface area (Å²) in [5, 5.41) is 10.9. The fraction of sp³-hybridized carbons (Fsp3) is 0.500. The van der Waals surface area contributed by atoms with Crippen LogP contribution < -0.4 is 11.5 Å². The maximum absolute atomic E-state index is 13.5. The van der Waals surface area contributed by atoms with Gasteiger partial charge in [-0.2, -0.15) is 0 Å². The molecule has 0 aliphatic carbocycles. The summed E-state index contributed by atoms with van der Waals surface area (Å²) in [4.78, 5) is 24.1. The number of nitrogens with zero attached hydrogens (tertiary/aromatic N) is 2. The fourth-order valence-corrected chi connectivity index (χ4v) is 2.73. The van der Waals surface area contributed by atoms with Gasteiger partial charge in [-0.25, -0.2) is 4.39 Å². The summed E-state index contributed by atoms with van der Waals surface area (Å²) >= 11 is 0. The molecule has 1 atom stereocenters. The highest BCUT2D eigenvalue weighted by molar-refractivity contribution is 6.01. The minimum absolute atomic E-state index is 0.0533. The number of halogens is 1. The van der Waals surface area contributed by atoms with E-state index in [0.717, 1.165) is 18.9 Å². The van der Waals surface area contributed by atoms with Gasteiger partial charge in [0.25, 0.3) is 11.6 Å². The van der Waals surface area contributed by atoms with Crippen molar-refractivity contribution < 1.29 is 14.1 Å². The first-order valence-electron chi connectivity index (χ1n) is 7.09. The van der Waals surface area contributed by atoms with Crippen molar-refractivity contribution in [3.63, 3.8) is 0 Å². The van der Waals surface area contributed by atoms with Gasteiger partial charge in [-0.3, -0.25) is 14.9 Å². The van der Waals surface area contributed by atoms with Gasteiger partial charge in [-0.1, -0.05) is 0 Å². The van der Waals surface area contributed by atoms with Crippen LogP contribution in [0.3, 0.4) is 0 Å². The molecule has 0 spiro atoms. The minimum Gasteiger partial charge on any atom is -0.393 e. The molecule has 4 N–H and O–H groups in total. The van der Waals surface area contributed by atoms with Crippen LogP contribution in [0.5, 0.6) is 0 Å². The molecule has 1 heterocycles. The molecular weight excluding hydrogens is 291 g/mol. The van der Waals surface area contributed by atoms with Crippen molar-refractivity contribution in [3.8, 4) is 0 Å². The summed E-state index contributed by atoms with van der Waals surface area (Å²) in [5.74, 6) is -0.999. The molecule has 1 aliphatic heterocycles. The van der Waals surface area contributed by atoms with Crippen LogP contribution in [0.4, 0.5) is 15.8 Å². The van der Waals surface area contributed by atoms with E-state index in [1.54, 1.807) is 0 Å². The number of nitro groups is 1. The van der Waals surface area contributed by atoms with Crippen molar-refractivity contribution in [2.75, 3.05) is 18.8 Å². The van der Waals surface area contributed by atoms with Crippen LogP contribution in [0.25, 0.3) is 0 Å². The normalized spacial score (nSPS) is 17.3. The Morgan fingerprint density at radius 1 is 1.45 bits per heavy atom. The zero-order valence-electron chi connectivity index (χ0n) is 12.3. The van der Waals surface area contributed by atoms with E-state index in [1.165, 1.54) is 4.90 Å². The lowest BCUT2D eigenvalue weighted by atomic mass is 9.90. The van der Waals surface area contributed by atoms with Gasteiger partial charge >= 0.3 is 0 Å². The maximum atomic E-state index is 13.5. The van der Waals surface area contributed by atoms with Crippen molar-refractivity contribution >= 4 is 17.3 Å². The maximum Gasteiger partial charge on any atom is 0.295 e. The molecule has 0 bridgehead atoms. The van der Waals surface area contributed by atoms with Crippen LogP contribution in [0, 0.1) is 21.8 Å². The number of carbonyl (C=O) groups is 1. The molecule has 22 heavy (non-hydrogen) atoms. The first kappa shape index (κ1) is 16.2. The van der Waals surface area contributed by atoms with E-state index in [9.17, 15) is 19.3 Å². The quantitative estimate of drug-likeness (QED) is 0.499. The van der Waals surface area contributed by atoms with Crippen molar-refractivity contribution in [1.29, 1.82) is 0 Å². The second kappa shape index (κ2) is 6.27. The van der Waals surface area contributed by atoms with Crippen LogP contribution >= 0.6 is 0 Å². The summed E-state index contributed by atoms with van der Waals surface area (Å²) in [7, 11) is 0. The van der Waals surface area contributed by atoms with E-state index in [1.807, 2.05) is 6.92 Å². The van der Waals surface area contributed by atoms with Crippen LogP contribution in [0.15, 0.2) is 12.1 Å². The number of anilines is 1. The Kier molecular flexibility index (Phi) is 4.60. The Morgan fingerprint density at radius 2 is 2.05 bits per heavy atom. The Balaban J connectivity index is 2.22. The topological polar surface area (TPSA) is 115 Å². The Hall–Kier alpha value is -2.22. The summed E-state index contributed by atoms with van der Waals surface area (Å²) in [5.41, 5.74) is 10.5. The zero-order valence-corrected chi connectivity index (χ0v) is 12.3. The van der Waals surface area contributed by atoms with Crippen LogP contribution in [-0.4, -0.2) is 34.9 Å². The lowest BCUT2D eigenvalue weighted by Gasteiger charge is -2.33. The molecule has 1 aromatic carbocycles. The van der Waals surface area contributed by atoms with Gasteiger partial charge in [0.2, 0.25) is 0 Å². The van der Waals surface area contributed by atoms with Gasteiger partial charge < -0.3 is 16.4 Å². The standard InChI is InChI=1S/C14H19FN4O3/c1-8(16)9-2-4-18(5-3-9)14(20)11-6-10(15)7-12(13(11)17)19(21)22/h6-9H,2-5,16-17H2,1H3. The van der Waals surface area contributed by atoms with E-state index in [0.29, 0.717) is 25.1 Å². The monoisotopic (exact) mass is 310 g/mol. The summed E-state index contributed by atoms with van der Waals surface area (Å²) < 4.78 is 13.5. The number of benzene rings is 1. The van der Waals surface area contributed by atoms with Crippen molar-refractivity contribution in [2.24, 2.45) is 11.7 Å². The van der Waals surface area contributed by atoms with Crippen LogP contribution in [0.1, 0.15) is 30.1 Å². The number of hydrogen-bond acceptors (Lipinski definition) is 5. The first-order valence-corrected chi connectivity index (χ1v) is 7.09. The van der Waals surface area contributed by atoms with Gasteiger partial charge in [0.15, 0.2) is 0 Å². The largest absolute Gasteiger partial charge is 0.393 e. The molecule has 1 aromatic rings. The highest BCUT2D eigenvalue weighted by Crippen LogP contribution is 2.29.